The summed E-state index contributed by atoms with van der Waals surface area (Å²) >= 11 is 1.45. The molecular weight excluding hydrogens is 486 g/mol. The molecular formula is C25H19N3O5S2. The summed E-state index contributed by atoms with van der Waals surface area (Å²) in [7, 11) is -3.93. The van der Waals surface area contributed by atoms with E-state index in [9.17, 15) is 23.1 Å². The first-order valence-corrected chi connectivity index (χ1v) is 12.9. The molecule has 5 rings (SSSR count). The van der Waals surface area contributed by atoms with Gasteiger partial charge in [-0.15, -0.1) is 11.3 Å². The molecule has 0 unspecified atom stereocenters. The molecule has 0 saturated carbocycles. The second-order valence-electron chi connectivity index (χ2n) is 7.91. The lowest BCUT2D eigenvalue weighted by atomic mass is 10.1. The van der Waals surface area contributed by atoms with E-state index < -0.39 is 21.7 Å². The van der Waals surface area contributed by atoms with Crippen molar-refractivity contribution in [2.75, 3.05) is 5.32 Å². The van der Waals surface area contributed by atoms with Crippen molar-refractivity contribution < 1.29 is 23.1 Å². The van der Waals surface area contributed by atoms with E-state index in [-0.39, 0.29) is 38.9 Å². The number of nitrogens with zero attached hydrogens (tertiary/aromatic N) is 1. The van der Waals surface area contributed by atoms with Crippen LogP contribution in [0.1, 0.15) is 36.2 Å². The zero-order chi connectivity index (χ0) is 24.6. The van der Waals surface area contributed by atoms with Crippen LogP contribution in [0.5, 0.6) is 5.75 Å². The number of sulfone groups is 1. The number of anilines is 1. The maximum absolute atomic E-state index is 13.1. The highest BCUT2D eigenvalue weighted by Crippen LogP contribution is 2.34. The Morgan fingerprint density at radius 3 is 2.69 bits per heavy atom. The van der Waals surface area contributed by atoms with Crippen molar-refractivity contribution in [3.05, 3.63) is 99.5 Å². The van der Waals surface area contributed by atoms with Gasteiger partial charge >= 0.3 is 0 Å². The van der Waals surface area contributed by atoms with Crippen LogP contribution in [0.25, 0.3) is 0 Å². The Kier molecular flexibility index (Phi) is 5.83. The van der Waals surface area contributed by atoms with Crippen LogP contribution >= 0.6 is 11.3 Å². The summed E-state index contributed by atoms with van der Waals surface area (Å²) in [6.07, 6.45) is 2.25. The average molecular weight is 506 g/mol. The summed E-state index contributed by atoms with van der Waals surface area (Å²) < 4.78 is 26.2. The number of benzene rings is 3. The monoisotopic (exact) mass is 505 g/mol. The normalized spacial score (nSPS) is 13.8. The number of amides is 2. The Morgan fingerprint density at radius 2 is 1.86 bits per heavy atom. The van der Waals surface area contributed by atoms with Gasteiger partial charge < -0.3 is 15.7 Å². The third-order valence-corrected chi connectivity index (χ3v) is 8.36. The molecule has 2 amide bonds. The molecule has 3 N–H and O–H groups in total. The van der Waals surface area contributed by atoms with E-state index >= 15 is 0 Å². The van der Waals surface area contributed by atoms with Gasteiger partial charge in [-0.25, -0.2) is 13.4 Å². The number of hydrogen-bond acceptors (Lipinski definition) is 7. The maximum Gasteiger partial charge on any atom is 0.257 e. The van der Waals surface area contributed by atoms with Crippen LogP contribution in [-0.2, 0) is 22.8 Å². The number of fused-ring (bicyclic) bond motifs is 2. The van der Waals surface area contributed by atoms with Gasteiger partial charge in [0.15, 0.2) is 0 Å². The molecule has 0 aliphatic carbocycles. The highest BCUT2D eigenvalue weighted by atomic mass is 32.2. The smallest absolute Gasteiger partial charge is 0.257 e. The minimum Gasteiger partial charge on any atom is -0.508 e. The molecule has 0 saturated heterocycles. The molecule has 1 aliphatic heterocycles. The number of aromatic hydroxyl groups is 1. The minimum absolute atomic E-state index is 0.0569. The summed E-state index contributed by atoms with van der Waals surface area (Å²) in [6.45, 7) is 0.240. The van der Waals surface area contributed by atoms with Gasteiger partial charge in [0.25, 0.3) is 11.8 Å². The standard InChI is InChI=1S/C25H19N3O5S2/c29-17-5-3-4-15(10-17)11-23-26-13-18(34-23)14-27-24(30)16-8-9-22-20(12-16)28-25(31)19-6-1-2-7-21(19)35(22,32)33/h1-10,12-13,29H,11,14H2,(H,27,30)(H,28,31). The molecule has 0 spiro atoms. The van der Waals surface area contributed by atoms with Crippen LogP contribution in [0.3, 0.4) is 0 Å². The fourth-order valence-corrected chi connectivity index (χ4v) is 6.31. The average Bonchev–Trinajstić information content (AvgIpc) is 3.26. The molecule has 1 aliphatic rings. The topological polar surface area (TPSA) is 125 Å². The van der Waals surface area contributed by atoms with Gasteiger partial charge in [0.2, 0.25) is 9.84 Å². The largest absolute Gasteiger partial charge is 0.508 e. The minimum atomic E-state index is -3.93. The van der Waals surface area contributed by atoms with Crippen molar-refractivity contribution >= 4 is 38.7 Å². The number of hydrogen-bond donors (Lipinski definition) is 3. The Hall–Kier alpha value is -4.02. The van der Waals surface area contributed by atoms with E-state index in [1.54, 1.807) is 36.5 Å². The van der Waals surface area contributed by atoms with Crippen molar-refractivity contribution in [1.29, 1.82) is 0 Å². The van der Waals surface area contributed by atoms with Crippen molar-refractivity contribution in [2.45, 2.75) is 22.8 Å². The lowest BCUT2D eigenvalue weighted by Crippen LogP contribution is -2.22. The molecule has 35 heavy (non-hydrogen) atoms. The van der Waals surface area contributed by atoms with Crippen LogP contribution in [0.4, 0.5) is 5.69 Å². The van der Waals surface area contributed by atoms with Gasteiger partial charge in [-0.1, -0.05) is 24.3 Å². The second kappa shape index (κ2) is 8.97. The van der Waals surface area contributed by atoms with Gasteiger partial charge in [0, 0.05) is 23.1 Å². The fraction of sp³-hybridized carbons (Fsp3) is 0.0800. The Labute approximate surface area is 205 Å². The summed E-state index contributed by atoms with van der Waals surface area (Å²) in [6, 6.07) is 17.1. The molecule has 3 aromatic carbocycles. The molecule has 10 heteroatoms. The zero-order valence-electron chi connectivity index (χ0n) is 18.2. The summed E-state index contributed by atoms with van der Waals surface area (Å²) in [5.74, 6) is -0.770. The number of thiazole rings is 1. The summed E-state index contributed by atoms with van der Waals surface area (Å²) in [4.78, 5) is 30.5. The van der Waals surface area contributed by atoms with Gasteiger partial charge in [0.05, 0.1) is 32.6 Å². The van der Waals surface area contributed by atoms with E-state index in [2.05, 4.69) is 15.6 Å². The van der Waals surface area contributed by atoms with Gasteiger partial charge in [-0.2, -0.15) is 0 Å². The van der Waals surface area contributed by atoms with Crippen LogP contribution in [0.15, 0.2) is 82.7 Å². The fourth-order valence-electron chi connectivity index (χ4n) is 3.82. The first kappa shape index (κ1) is 22.8. The predicted molar refractivity (Wildman–Crippen MR) is 130 cm³/mol. The van der Waals surface area contributed by atoms with Gasteiger partial charge in [-0.05, 0) is 48.0 Å². The number of phenols is 1. The third kappa shape index (κ3) is 4.53. The number of nitrogens with one attached hydrogen (secondary N) is 2. The first-order chi connectivity index (χ1) is 16.8. The molecule has 0 atom stereocenters. The van der Waals surface area contributed by atoms with Crippen LogP contribution in [0, 0.1) is 0 Å². The van der Waals surface area contributed by atoms with Crippen LogP contribution < -0.4 is 10.6 Å². The maximum atomic E-state index is 13.1. The number of carbonyl (C=O) groups excluding carboxylic acids is 2. The quantitative estimate of drug-likeness (QED) is 0.379. The highest BCUT2D eigenvalue weighted by Gasteiger charge is 2.31. The number of phenolic OH excluding ortho intramolecular Hbond substituents is 1. The van der Waals surface area contributed by atoms with E-state index in [1.165, 1.54) is 41.7 Å². The zero-order valence-corrected chi connectivity index (χ0v) is 19.8. The van der Waals surface area contributed by atoms with Crippen molar-refractivity contribution in [3.63, 3.8) is 0 Å². The lowest BCUT2D eigenvalue weighted by molar-refractivity contribution is 0.0949. The molecule has 0 radical (unpaired) electrons. The third-order valence-electron chi connectivity index (χ3n) is 5.49. The summed E-state index contributed by atoms with van der Waals surface area (Å²) in [5.41, 5.74) is 1.26. The van der Waals surface area contributed by atoms with Crippen molar-refractivity contribution in [3.8, 4) is 5.75 Å². The van der Waals surface area contributed by atoms with Gasteiger partial charge in [-0.3, -0.25) is 9.59 Å². The van der Waals surface area contributed by atoms with E-state index in [4.69, 9.17) is 0 Å². The summed E-state index contributed by atoms with van der Waals surface area (Å²) in [5, 5.41) is 15.9. The molecule has 2 heterocycles. The number of aromatic nitrogens is 1. The van der Waals surface area contributed by atoms with Crippen LogP contribution in [0.2, 0.25) is 0 Å². The lowest BCUT2D eigenvalue weighted by Gasteiger charge is -2.10. The molecule has 8 nitrogen and oxygen atoms in total. The molecule has 1 aromatic heterocycles. The molecule has 0 fully saturated rings. The predicted octanol–water partition coefficient (Wildman–Crippen LogP) is 3.77. The van der Waals surface area contributed by atoms with Crippen LogP contribution in [-0.4, -0.2) is 30.3 Å². The molecule has 0 bridgehead atoms. The molecule has 4 aromatic rings. The van der Waals surface area contributed by atoms with Crippen molar-refractivity contribution in [2.24, 2.45) is 0 Å². The second-order valence-corrected chi connectivity index (χ2v) is 11.0. The SMILES string of the molecule is O=C(NCc1cnc(Cc2cccc(O)c2)s1)c1ccc2c(c1)NC(=O)c1ccccc1S2(=O)=O. The van der Waals surface area contributed by atoms with E-state index in [0.29, 0.717) is 6.42 Å². The number of rotatable bonds is 5. The van der Waals surface area contributed by atoms with E-state index in [0.717, 1.165) is 15.4 Å². The molecule has 176 valence electrons. The number of carbonyl (C=O) groups is 2. The van der Waals surface area contributed by atoms with Gasteiger partial charge in [0.1, 0.15) is 5.75 Å². The Balaban J connectivity index is 1.31. The van der Waals surface area contributed by atoms with E-state index in [1.807, 2.05) is 6.07 Å². The Morgan fingerprint density at radius 1 is 1.03 bits per heavy atom. The Bertz CT molecular complexity index is 1580. The van der Waals surface area contributed by atoms with Crippen molar-refractivity contribution in [1.82, 2.24) is 10.3 Å². The highest BCUT2D eigenvalue weighted by molar-refractivity contribution is 7.91. The first-order valence-electron chi connectivity index (χ1n) is 10.6.